The van der Waals surface area contributed by atoms with Crippen LogP contribution >= 0.6 is 11.3 Å². The maximum absolute atomic E-state index is 11.5. The Labute approximate surface area is 165 Å². The van der Waals surface area contributed by atoms with Gasteiger partial charge in [0.15, 0.2) is 0 Å². The van der Waals surface area contributed by atoms with Gasteiger partial charge in [0.25, 0.3) is 5.91 Å². The second kappa shape index (κ2) is 8.00. The number of nitrogens with zero attached hydrogens (tertiary/aromatic N) is 3. The fraction of sp³-hybridized carbons (Fsp3) is 0.476. The number of piperazine rings is 1. The fourth-order valence-electron chi connectivity index (χ4n) is 4.22. The van der Waals surface area contributed by atoms with Crippen molar-refractivity contribution in [3.05, 3.63) is 51.7 Å². The van der Waals surface area contributed by atoms with E-state index in [-0.39, 0.29) is 5.91 Å². The summed E-state index contributed by atoms with van der Waals surface area (Å²) in [6, 6.07) is 13.2. The molecule has 1 aromatic carbocycles. The average molecular weight is 385 g/mol. The maximum Gasteiger partial charge on any atom is 0.258 e. The number of thiophene rings is 1. The molecular formula is C21H28N4OS. The summed E-state index contributed by atoms with van der Waals surface area (Å²) in [5, 5.41) is 0. The zero-order valence-electron chi connectivity index (χ0n) is 15.9. The van der Waals surface area contributed by atoms with Gasteiger partial charge >= 0.3 is 0 Å². The van der Waals surface area contributed by atoms with Gasteiger partial charge in [0, 0.05) is 49.3 Å². The number of para-hydroxylation sites is 1. The Morgan fingerprint density at radius 2 is 1.89 bits per heavy atom. The molecule has 0 radical (unpaired) electrons. The van der Waals surface area contributed by atoms with Crippen LogP contribution in [0.1, 0.15) is 39.0 Å². The standard InChI is InChI=1S/C21H28N4OS/c1-23-11-13-24(14-12-23)17-6-3-2-5-16(17)15-25-10-4-7-18(25)19-8-9-20(27-19)21(22)26/h2-3,5-6,8-9,18H,4,7,10-15H2,1H3,(H2,22,26). The van der Waals surface area contributed by atoms with E-state index in [9.17, 15) is 4.79 Å². The van der Waals surface area contributed by atoms with Crippen molar-refractivity contribution < 1.29 is 4.79 Å². The molecule has 0 saturated carbocycles. The van der Waals surface area contributed by atoms with E-state index in [1.54, 1.807) is 11.3 Å². The molecule has 1 aromatic heterocycles. The summed E-state index contributed by atoms with van der Waals surface area (Å²) >= 11 is 1.55. The van der Waals surface area contributed by atoms with E-state index in [1.807, 2.05) is 6.07 Å². The molecule has 3 heterocycles. The average Bonchev–Trinajstić information content (AvgIpc) is 3.32. The predicted octanol–water partition coefficient (Wildman–Crippen LogP) is 2.94. The number of hydrogen-bond donors (Lipinski definition) is 1. The van der Waals surface area contributed by atoms with Gasteiger partial charge in [-0.25, -0.2) is 0 Å². The molecule has 2 N–H and O–H groups in total. The second-order valence-electron chi connectivity index (χ2n) is 7.61. The first-order valence-electron chi connectivity index (χ1n) is 9.77. The monoisotopic (exact) mass is 384 g/mol. The molecule has 144 valence electrons. The SMILES string of the molecule is CN1CCN(c2ccccc2CN2CCCC2c2ccc(C(N)=O)s2)CC1. The van der Waals surface area contributed by atoms with Crippen LogP contribution < -0.4 is 10.6 Å². The number of rotatable bonds is 5. The van der Waals surface area contributed by atoms with E-state index in [1.165, 1.54) is 22.5 Å². The van der Waals surface area contributed by atoms with E-state index in [0.717, 1.165) is 45.7 Å². The molecule has 2 saturated heterocycles. The first kappa shape index (κ1) is 18.5. The number of likely N-dealkylation sites (tertiary alicyclic amines) is 1. The summed E-state index contributed by atoms with van der Waals surface area (Å²) in [6.07, 6.45) is 2.35. The minimum absolute atomic E-state index is 0.323. The molecule has 0 aliphatic carbocycles. The quantitative estimate of drug-likeness (QED) is 0.861. The van der Waals surface area contributed by atoms with Gasteiger partial charge in [-0.15, -0.1) is 11.3 Å². The first-order valence-corrected chi connectivity index (χ1v) is 10.6. The minimum atomic E-state index is -0.323. The molecule has 5 nitrogen and oxygen atoms in total. The Morgan fingerprint density at radius 1 is 1.11 bits per heavy atom. The largest absolute Gasteiger partial charge is 0.369 e. The van der Waals surface area contributed by atoms with Gasteiger partial charge in [-0.2, -0.15) is 0 Å². The van der Waals surface area contributed by atoms with E-state index in [4.69, 9.17) is 5.73 Å². The van der Waals surface area contributed by atoms with Crippen LogP contribution in [-0.2, 0) is 6.54 Å². The molecular weight excluding hydrogens is 356 g/mol. The summed E-state index contributed by atoms with van der Waals surface area (Å²) < 4.78 is 0. The smallest absolute Gasteiger partial charge is 0.258 e. The Bertz CT molecular complexity index is 797. The molecule has 27 heavy (non-hydrogen) atoms. The Balaban J connectivity index is 1.52. The molecule has 2 fully saturated rings. The van der Waals surface area contributed by atoms with Crippen molar-refractivity contribution in [2.75, 3.05) is 44.7 Å². The highest BCUT2D eigenvalue weighted by Gasteiger charge is 2.28. The van der Waals surface area contributed by atoms with Crippen molar-refractivity contribution in [1.29, 1.82) is 0 Å². The summed E-state index contributed by atoms with van der Waals surface area (Å²) in [5.74, 6) is -0.323. The molecule has 2 aliphatic rings. The number of hydrogen-bond acceptors (Lipinski definition) is 5. The molecule has 2 aromatic rings. The van der Waals surface area contributed by atoms with Gasteiger partial charge in [0.1, 0.15) is 0 Å². The number of carbonyl (C=O) groups is 1. The normalized spacial score (nSPS) is 21.7. The molecule has 0 bridgehead atoms. The van der Waals surface area contributed by atoms with Crippen LogP contribution in [0.3, 0.4) is 0 Å². The van der Waals surface area contributed by atoms with Crippen molar-refractivity contribution in [3.63, 3.8) is 0 Å². The van der Waals surface area contributed by atoms with E-state index in [0.29, 0.717) is 10.9 Å². The van der Waals surface area contributed by atoms with Gasteiger partial charge in [-0.1, -0.05) is 18.2 Å². The third-order valence-corrected chi connectivity index (χ3v) is 6.97. The number of carbonyl (C=O) groups excluding carboxylic acids is 1. The Kier molecular flexibility index (Phi) is 5.48. The fourth-order valence-corrected chi connectivity index (χ4v) is 5.25. The molecule has 2 aliphatic heterocycles. The van der Waals surface area contributed by atoms with Crippen molar-refractivity contribution in [2.45, 2.75) is 25.4 Å². The van der Waals surface area contributed by atoms with Crippen LogP contribution in [0.5, 0.6) is 0 Å². The summed E-state index contributed by atoms with van der Waals surface area (Å²) in [5.41, 5.74) is 8.22. The minimum Gasteiger partial charge on any atom is -0.369 e. The van der Waals surface area contributed by atoms with Crippen LogP contribution in [-0.4, -0.2) is 55.5 Å². The van der Waals surface area contributed by atoms with Gasteiger partial charge < -0.3 is 15.5 Å². The third kappa shape index (κ3) is 4.03. The van der Waals surface area contributed by atoms with Crippen molar-refractivity contribution >= 4 is 22.9 Å². The van der Waals surface area contributed by atoms with Gasteiger partial charge in [0.05, 0.1) is 4.88 Å². The van der Waals surface area contributed by atoms with Crippen LogP contribution in [0.2, 0.25) is 0 Å². The lowest BCUT2D eigenvalue weighted by Gasteiger charge is -2.36. The van der Waals surface area contributed by atoms with Gasteiger partial charge in [-0.05, 0) is 50.2 Å². The van der Waals surface area contributed by atoms with Crippen LogP contribution in [0.4, 0.5) is 5.69 Å². The number of amides is 1. The number of primary amides is 1. The van der Waals surface area contributed by atoms with Crippen molar-refractivity contribution in [3.8, 4) is 0 Å². The number of anilines is 1. The number of nitrogens with two attached hydrogens (primary N) is 1. The topological polar surface area (TPSA) is 52.8 Å². The second-order valence-corrected chi connectivity index (χ2v) is 8.73. The van der Waals surface area contributed by atoms with E-state index in [2.05, 4.69) is 52.1 Å². The lowest BCUT2D eigenvalue weighted by atomic mass is 10.1. The lowest BCUT2D eigenvalue weighted by Crippen LogP contribution is -2.45. The van der Waals surface area contributed by atoms with E-state index >= 15 is 0 Å². The molecule has 4 rings (SSSR count). The number of likely N-dealkylation sites (N-methyl/N-ethyl adjacent to an activating group) is 1. The molecule has 1 atom stereocenters. The zero-order valence-corrected chi connectivity index (χ0v) is 16.8. The molecule has 1 amide bonds. The highest BCUT2D eigenvalue weighted by Crippen LogP contribution is 2.37. The number of benzene rings is 1. The first-order chi connectivity index (χ1) is 13.1. The molecule has 0 spiro atoms. The molecule has 1 unspecified atom stereocenters. The maximum atomic E-state index is 11.5. The van der Waals surface area contributed by atoms with Crippen LogP contribution in [0.25, 0.3) is 0 Å². The van der Waals surface area contributed by atoms with Gasteiger partial charge in [-0.3, -0.25) is 9.69 Å². The summed E-state index contributed by atoms with van der Waals surface area (Å²) in [4.78, 5) is 20.9. The Morgan fingerprint density at radius 3 is 2.63 bits per heavy atom. The zero-order chi connectivity index (χ0) is 18.8. The van der Waals surface area contributed by atoms with Crippen molar-refractivity contribution in [1.82, 2.24) is 9.80 Å². The van der Waals surface area contributed by atoms with Crippen LogP contribution in [0.15, 0.2) is 36.4 Å². The van der Waals surface area contributed by atoms with Crippen molar-refractivity contribution in [2.24, 2.45) is 5.73 Å². The van der Waals surface area contributed by atoms with E-state index < -0.39 is 0 Å². The lowest BCUT2D eigenvalue weighted by molar-refractivity contribution is 0.100. The predicted molar refractivity (Wildman–Crippen MR) is 111 cm³/mol. The molecule has 6 heteroatoms. The third-order valence-electron chi connectivity index (χ3n) is 5.77. The highest BCUT2D eigenvalue weighted by atomic mass is 32.1. The van der Waals surface area contributed by atoms with Crippen LogP contribution in [0, 0.1) is 0 Å². The highest BCUT2D eigenvalue weighted by molar-refractivity contribution is 7.14. The Hall–Kier alpha value is -1.89. The summed E-state index contributed by atoms with van der Waals surface area (Å²) in [6.45, 7) is 6.47. The summed E-state index contributed by atoms with van der Waals surface area (Å²) in [7, 11) is 2.19. The van der Waals surface area contributed by atoms with Gasteiger partial charge in [0.2, 0.25) is 0 Å².